The van der Waals surface area contributed by atoms with Crippen LogP contribution in [-0.4, -0.2) is 57.5 Å². The van der Waals surface area contributed by atoms with Crippen molar-refractivity contribution in [2.24, 2.45) is 0 Å². The zero-order chi connectivity index (χ0) is 13.2. The van der Waals surface area contributed by atoms with Crippen LogP contribution in [0.4, 0.5) is 5.82 Å². The maximum atomic E-state index is 4.39. The van der Waals surface area contributed by atoms with Crippen LogP contribution in [0.2, 0.25) is 0 Å². The number of nitrogens with zero attached hydrogens (tertiary/aromatic N) is 4. The summed E-state index contributed by atoms with van der Waals surface area (Å²) in [4.78, 5) is 11.0. The molecule has 0 aliphatic carbocycles. The summed E-state index contributed by atoms with van der Waals surface area (Å²) in [6.45, 7) is 2.26. The standard InChI is InChI=1S/C12H18N6S/c1-18-5-3-8(4-6-18)15-10-9-11(14-7-13-10)16-17-12(9)19-2/h7-8H,3-6H2,1-2H3,(H2,13,14,15,16,17). The summed E-state index contributed by atoms with van der Waals surface area (Å²) >= 11 is 1.61. The predicted octanol–water partition coefficient (Wildman–Crippen LogP) is 1.58. The molecule has 3 rings (SSSR count). The van der Waals surface area contributed by atoms with Crippen LogP contribution in [0.1, 0.15) is 12.8 Å². The minimum Gasteiger partial charge on any atom is -0.366 e. The number of piperidine rings is 1. The van der Waals surface area contributed by atoms with Crippen molar-refractivity contribution in [2.75, 3.05) is 31.7 Å². The number of aromatic nitrogens is 4. The highest BCUT2D eigenvalue weighted by Gasteiger charge is 2.19. The third kappa shape index (κ3) is 2.52. The number of hydrogen-bond acceptors (Lipinski definition) is 6. The Balaban J connectivity index is 1.86. The molecule has 19 heavy (non-hydrogen) atoms. The van der Waals surface area contributed by atoms with Gasteiger partial charge in [0, 0.05) is 6.04 Å². The molecule has 0 bridgehead atoms. The first-order chi connectivity index (χ1) is 9.28. The van der Waals surface area contributed by atoms with Gasteiger partial charge in [0.25, 0.3) is 0 Å². The van der Waals surface area contributed by atoms with Crippen LogP contribution >= 0.6 is 11.8 Å². The van der Waals surface area contributed by atoms with Crippen LogP contribution in [0.3, 0.4) is 0 Å². The quantitative estimate of drug-likeness (QED) is 0.831. The molecule has 0 radical (unpaired) electrons. The highest BCUT2D eigenvalue weighted by Crippen LogP contribution is 2.28. The molecule has 7 heteroatoms. The van der Waals surface area contributed by atoms with Crippen LogP contribution in [-0.2, 0) is 0 Å². The first kappa shape index (κ1) is 12.7. The average Bonchev–Trinajstić information content (AvgIpc) is 2.85. The van der Waals surface area contributed by atoms with E-state index in [-0.39, 0.29) is 0 Å². The molecular formula is C12H18N6S. The maximum absolute atomic E-state index is 4.39. The van der Waals surface area contributed by atoms with E-state index in [1.807, 2.05) is 6.26 Å². The molecule has 0 aromatic carbocycles. The van der Waals surface area contributed by atoms with Gasteiger partial charge < -0.3 is 10.2 Å². The molecule has 0 unspecified atom stereocenters. The molecule has 0 atom stereocenters. The van der Waals surface area contributed by atoms with Gasteiger partial charge in [-0.25, -0.2) is 9.97 Å². The number of rotatable bonds is 3. The number of H-pyrrole nitrogens is 1. The monoisotopic (exact) mass is 278 g/mol. The number of fused-ring (bicyclic) bond motifs is 1. The molecule has 102 valence electrons. The van der Waals surface area contributed by atoms with Gasteiger partial charge in [-0.3, -0.25) is 5.10 Å². The fourth-order valence-electron chi connectivity index (χ4n) is 2.44. The first-order valence-corrected chi connectivity index (χ1v) is 7.68. The van der Waals surface area contributed by atoms with Crippen LogP contribution < -0.4 is 5.32 Å². The first-order valence-electron chi connectivity index (χ1n) is 6.46. The second-order valence-electron chi connectivity index (χ2n) is 4.90. The molecule has 6 nitrogen and oxygen atoms in total. The van der Waals surface area contributed by atoms with Crippen molar-refractivity contribution in [3.05, 3.63) is 6.33 Å². The van der Waals surface area contributed by atoms with E-state index in [0.717, 1.165) is 47.8 Å². The lowest BCUT2D eigenvalue weighted by Crippen LogP contribution is -2.36. The normalized spacial score (nSPS) is 18.0. The van der Waals surface area contributed by atoms with E-state index in [1.165, 1.54) is 0 Å². The molecule has 2 N–H and O–H groups in total. The van der Waals surface area contributed by atoms with Gasteiger partial charge in [0.1, 0.15) is 17.2 Å². The molecule has 2 aromatic heterocycles. The number of nitrogens with one attached hydrogen (secondary N) is 2. The minimum absolute atomic E-state index is 0.485. The van der Waals surface area contributed by atoms with Gasteiger partial charge >= 0.3 is 0 Å². The van der Waals surface area contributed by atoms with Gasteiger partial charge in [-0.2, -0.15) is 5.10 Å². The van der Waals surface area contributed by atoms with Crippen molar-refractivity contribution in [1.29, 1.82) is 0 Å². The molecule has 2 aromatic rings. The molecule has 1 saturated heterocycles. The van der Waals surface area contributed by atoms with Crippen molar-refractivity contribution in [3.63, 3.8) is 0 Å². The van der Waals surface area contributed by atoms with E-state index in [9.17, 15) is 0 Å². The van der Waals surface area contributed by atoms with E-state index in [0.29, 0.717) is 6.04 Å². The van der Waals surface area contributed by atoms with Crippen LogP contribution in [0.15, 0.2) is 11.4 Å². The van der Waals surface area contributed by atoms with Gasteiger partial charge in [0.2, 0.25) is 0 Å². The van der Waals surface area contributed by atoms with E-state index in [1.54, 1.807) is 18.1 Å². The largest absolute Gasteiger partial charge is 0.366 e. The molecular weight excluding hydrogens is 260 g/mol. The summed E-state index contributed by atoms with van der Waals surface area (Å²) in [5, 5.41) is 12.7. The summed E-state index contributed by atoms with van der Waals surface area (Å²) in [5.41, 5.74) is 0.801. The molecule has 0 spiro atoms. The van der Waals surface area contributed by atoms with Crippen molar-refractivity contribution in [1.82, 2.24) is 25.1 Å². The molecule has 1 aliphatic rings. The molecule has 1 fully saturated rings. The summed E-state index contributed by atoms with van der Waals surface area (Å²) < 4.78 is 0. The number of thioether (sulfide) groups is 1. The minimum atomic E-state index is 0.485. The molecule has 0 amide bonds. The van der Waals surface area contributed by atoms with E-state index in [2.05, 4.69) is 37.4 Å². The Morgan fingerprint density at radius 2 is 2.16 bits per heavy atom. The van der Waals surface area contributed by atoms with Crippen molar-refractivity contribution in [2.45, 2.75) is 23.9 Å². The summed E-state index contributed by atoms with van der Waals surface area (Å²) in [5.74, 6) is 0.901. The number of likely N-dealkylation sites (tertiary alicyclic amines) is 1. The Kier molecular flexibility index (Phi) is 3.56. The van der Waals surface area contributed by atoms with Gasteiger partial charge in [0.05, 0.1) is 5.39 Å². The summed E-state index contributed by atoms with van der Waals surface area (Å²) in [7, 11) is 2.17. The SMILES string of the molecule is CSc1n[nH]c2ncnc(NC3CCN(C)CC3)c12. The third-order valence-corrected chi connectivity index (χ3v) is 4.26. The average molecular weight is 278 g/mol. The highest BCUT2D eigenvalue weighted by molar-refractivity contribution is 7.98. The Morgan fingerprint density at radius 1 is 1.37 bits per heavy atom. The lowest BCUT2D eigenvalue weighted by Gasteiger charge is -2.29. The van der Waals surface area contributed by atoms with Crippen LogP contribution in [0, 0.1) is 0 Å². The topological polar surface area (TPSA) is 69.7 Å². The maximum Gasteiger partial charge on any atom is 0.161 e. The summed E-state index contributed by atoms with van der Waals surface area (Å²) in [6.07, 6.45) is 5.90. The van der Waals surface area contributed by atoms with E-state index >= 15 is 0 Å². The second kappa shape index (κ2) is 5.34. The Bertz CT molecular complexity index is 560. The Hall–Kier alpha value is -1.34. The molecule has 0 saturated carbocycles. The smallest absolute Gasteiger partial charge is 0.161 e. The predicted molar refractivity (Wildman–Crippen MR) is 77.6 cm³/mol. The molecule has 1 aliphatic heterocycles. The Labute approximate surface area is 116 Å². The van der Waals surface area contributed by atoms with E-state index in [4.69, 9.17) is 0 Å². The highest BCUT2D eigenvalue weighted by atomic mass is 32.2. The fraction of sp³-hybridized carbons (Fsp3) is 0.583. The van der Waals surface area contributed by atoms with Gasteiger partial charge in [0.15, 0.2) is 5.65 Å². The zero-order valence-electron chi connectivity index (χ0n) is 11.2. The second-order valence-corrected chi connectivity index (χ2v) is 5.70. The van der Waals surface area contributed by atoms with Crippen LogP contribution in [0.25, 0.3) is 11.0 Å². The lowest BCUT2D eigenvalue weighted by molar-refractivity contribution is 0.263. The molecule has 3 heterocycles. The fourth-order valence-corrected chi connectivity index (χ4v) is 2.97. The van der Waals surface area contributed by atoms with Crippen LogP contribution in [0.5, 0.6) is 0 Å². The van der Waals surface area contributed by atoms with Gasteiger partial charge in [-0.1, -0.05) is 0 Å². The van der Waals surface area contributed by atoms with Crippen molar-refractivity contribution in [3.8, 4) is 0 Å². The number of aromatic amines is 1. The Morgan fingerprint density at radius 3 is 2.89 bits per heavy atom. The lowest BCUT2D eigenvalue weighted by atomic mass is 10.1. The number of hydrogen-bond donors (Lipinski definition) is 2. The number of anilines is 1. The van der Waals surface area contributed by atoms with Gasteiger partial charge in [-0.15, -0.1) is 11.8 Å². The van der Waals surface area contributed by atoms with Gasteiger partial charge in [-0.05, 0) is 39.2 Å². The van der Waals surface area contributed by atoms with E-state index < -0.39 is 0 Å². The van der Waals surface area contributed by atoms with Crippen molar-refractivity contribution >= 4 is 28.6 Å². The summed E-state index contributed by atoms with van der Waals surface area (Å²) in [6, 6.07) is 0.485. The van der Waals surface area contributed by atoms with Crippen molar-refractivity contribution < 1.29 is 0 Å². The zero-order valence-corrected chi connectivity index (χ0v) is 12.0. The third-order valence-electron chi connectivity index (χ3n) is 3.58.